The molecule has 2 amide bonds. The van der Waals surface area contributed by atoms with Crippen LogP contribution < -0.4 is 17.2 Å². The Balaban J connectivity index is 1.81. The molecule has 0 spiro atoms. The van der Waals surface area contributed by atoms with Crippen molar-refractivity contribution in [2.75, 3.05) is 6.54 Å². The van der Waals surface area contributed by atoms with E-state index in [1.54, 1.807) is 0 Å². The zero-order chi connectivity index (χ0) is 14.4. The summed E-state index contributed by atoms with van der Waals surface area (Å²) >= 11 is 0. The van der Waals surface area contributed by atoms with Gasteiger partial charge in [-0.05, 0) is 0 Å². The third-order valence-corrected chi connectivity index (χ3v) is 3.36. The van der Waals surface area contributed by atoms with Crippen molar-refractivity contribution >= 4 is 11.8 Å². The lowest BCUT2D eigenvalue weighted by molar-refractivity contribution is -0.279. The fraction of sp³-hybridized carbons (Fsp3) is 0.800. The molecule has 3 saturated heterocycles. The number of amides is 2. The van der Waals surface area contributed by atoms with Gasteiger partial charge in [0, 0.05) is 6.54 Å². The molecule has 0 aromatic carbocycles. The van der Waals surface area contributed by atoms with E-state index >= 15 is 0 Å². The standard InChI is InChI=1S/C10H15N3O7/c11-1-2-16-6-4-3(18-9(6)17-2)5(7(12)14)20-10(19-4)8(13)15/h2-6,9-10H,1,11H2,(H2,12,14)(H2,13,15). The van der Waals surface area contributed by atoms with Gasteiger partial charge >= 0.3 is 0 Å². The Bertz CT molecular complexity index is 433. The Morgan fingerprint density at radius 2 is 1.60 bits per heavy atom. The van der Waals surface area contributed by atoms with Gasteiger partial charge in [0.2, 0.25) is 12.2 Å². The first-order chi connectivity index (χ1) is 9.51. The van der Waals surface area contributed by atoms with Crippen LogP contribution in [0.25, 0.3) is 0 Å². The molecule has 0 radical (unpaired) electrons. The van der Waals surface area contributed by atoms with Crippen LogP contribution >= 0.6 is 0 Å². The maximum Gasteiger partial charge on any atom is 0.274 e. The minimum Gasteiger partial charge on any atom is -0.367 e. The summed E-state index contributed by atoms with van der Waals surface area (Å²) in [6.07, 6.45) is -6.14. The van der Waals surface area contributed by atoms with Gasteiger partial charge in [-0.1, -0.05) is 0 Å². The number of carbonyl (C=O) groups excluding carboxylic acids is 2. The smallest absolute Gasteiger partial charge is 0.274 e. The molecule has 10 nitrogen and oxygen atoms in total. The first-order valence-corrected chi connectivity index (χ1v) is 6.07. The Kier molecular flexibility index (Phi) is 3.36. The third-order valence-electron chi connectivity index (χ3n) is 3.36. The summed E-state index contributed by atoms with van der Waals surface area (Å²) in [5.41, 5.74) is 15.8. The summed E-state index contributed by atoms with van der Waals surface area (Å²) < 4.78 is 26.9. The Morgan fingerprint density at radius 3 is 2.20 bits per heavy atom. The molecule has 20 heavy (non-hydrogen) atoms. The minimum absolute atomic E-state index is 0.142. The van der Waals surface area contributed by atoms with Gasteiger partial charge in [0.1, 0.15) is 18.3 Å². The second kappa shape index (κ2) is 4.91. The van der Waals surface area contributed by atoms with E-state index in [2.05, 4.69) is 0 Å². The first-order valence-electron chi connectivity index (χ1n) is 6.07. The lowest BCUT2D eigenvalue weighted by Crippen LogP contribution is -2.58. The molecule has 0 saturated carbocycles. The minimum atomic E-state index is -1.39. The molecule has 0 aliphatic carbocycles. The highest BCUT2D eigenvalue weighted by Crippen LogP contribution is 2.39. The normalized spacial score (nSPS) is 46.8. The van der Waals surface area contributed by atoms with E-state index in [0.29, 0.717) is 0 Å². The quantitative estimate of drug-likeness (QED) is 0.482. The average Bonchev–Trinajstić information content (AvgIpc) is 2.94. The lowest BCUT2D eigenvalue weighted by atomic mass is 10.0. The monoisotopic (exact) mass is 289 g/mol. The van der Waals surface area contributed by atoms with E-state index < -0.39 is 55.1 Å². The molecular weight excluding hydrogens is 274 g/mol. The van der Waals surface area contributed by atoms with Gasteiger partial charge in [-0.15, -0.1) is 0 Å². The topological polar surface area (TPSA) is 158 Å². The number of hydrogen-bond acceptors (Lipinski definition) is 8. The van der Waals surface area contributed by atoms with Gasteiger partial charge in [0.15, 0.2) is 18.7 Å². The molecule has 0 bridgehead atoms. The van der Waals surface area contributed by atoms with Gasteiger partial charge in [0.05, 0.1) is 0 Å². The molecule has 10 heteroatoms. The van der Waals surface area contributed by atoms with E-state index in [0.717, 1.165) is 0 Å². The molecule has 7 atom stereocenters. The summed E-state index contributed by atoms with van der Waals surface area (Å²) in [4.78, 5) is 22.6. The van der Waals surface area contributed by atoms with Crippen molar-refractivity contribution in [3.8, 4) is 0 Å². The van der Waals surface area contributed by atoms with Crippen molar-refractivity contribution in [1.82, 2.24) is 0 Å². The number of ether oxygens (including phenoxy) is 5. The first kappa shape index (κ1) is 13.7. The molecule has 3 heterocycles. The van der Waals surface area contributed by atoms with E-state index in [9.17, 15) is 9.59 Å². The lowest BCUT2D eigenvalue weighted by Gasteiger charge is -2.36. The number of hydrogen-bond donors (Lipinski definition) is 3. The predicted molar refractivity (Wildman–Crippen MR) is 59.4 cm³/mol. The fourth-order valence-electron chi connectivity index (χ4n) is 2.52. The van der Waals surface area contributed by atoms with Crippen molar-refractivity contribution < 1.29 is 33.3 Å². The van der Waals surface area contributed by atoms with Crippen molar-refractivity contribution in [1.29, 1.82) is 0 Å². The van der Waals surface area contributed by atoms with Crippen LogP contribution in [0.1, 0.15) is 0 Å². The van der Waals surface area contributed by atoms with Gasteiger partial charge < -0.3 is 40.9 Å². The molecule has 7 unspecified atom stereocenters. The van der Waals surface area contributed by atoms with Gasteiger partial charge in [-0.3, -0.25) is 9.59 Å². The van der Waals surface area contributed by atoms with Crippen LogP contribution in [-0.4, -0.2) is 61.6 Å². The van der Waals surface area contributed by atoms with Gasteiger partial charge in [-0.25, -0.2) is 0 Å². The molecule has 0 aromatic heterocycles. The van der Waals surface area contributed by atoms with Gasteiger partial charge in [0.25, 0.3) is 5.91 Å². The molecule has 3 aliphatic heterocycles. The van der Waals surface area contributed by atoms with Crippen LogP contribution in [0.4, 0.5) is 0 Å². The van der Waals surface area contributed by atoms with Gasteiger partial charge in [-0.2, -0.15) is 0 Å². The molecule has 3 rings (SSSR count). The highest BCUT2D eigenvalue weighted by Gasteiger charge is 2.60. The summed E-state index contributed by atoms with van der Waals surface area (Å²) in [5, 5.41) is 0. The van der Waals surface area contributed by atoms with Crippen molar-refractivity contribution in [2.24, 2.45) is 17.2 Å². The van der Waals surface area contributed by atoms with E-state index in [-0.39, 0.29) is 6.54 Å². The summed E-state index contributed by atoms with van der Waals surface area (Å²) in [7, 11) is 0. The predicted octanol–water partition coefficient (Wildman–Crippen LogP) is -3.51. The number of fused-ring (bicyclic) bond motifs is 3. The van der Waals surface area contributed by atoms with Crippen molar-refractivity contribution in [3.05, 3.63) is 0 Å². The average molecular weight is 289 g/mol. The van der Waals surface area contributed by atoms with E-state index in [4.69, 9.17) is 40.9 Å². The van der Waals surface area contributed by atoms with E-state index in [1.165, 1.54) is 0 Å². The van der Waals surface area contributed by atoms with Crippen LogP contribution in [0.3, 0.4) is 0 Å². The van der Waals surface area contributed by atoms with Crippen LogP contribution in [0.2, 0.25) is 0 Å². The zero-order valence-corrected chi connectivity index (χ0v) is 10.3. The molecular formula is C10H15N3O7. The molecule has 3 fully saturated rings. The van der Waals surface area contributed by atoms with Crippen LogP contribution in [0, 0.1) is 0 Å². The number of rotatable bonds is 3. The molecule has 0 aromatic rings. The molecule has 3 aliphatic rings. The highest BCUT2D eigenvalue weighted by molar-refractivity contribution is 5.82. The molecule has 6 N–H and O–H groups in total. The van der Waals surface area contributed by atoms with E-state index in [1.807, 2.05) is 0 Å². The molecule has 112 valence electrons. The Labute approximate surface area is 113 Å². The zero-order valence-electron chi connectivity index (χ0n) is 10.3. The summed E-state index contributed by atoms with van der Waals surface area (Å²) in [6.45, 7) is 0.142. The van der Waals surface area contributed by atoms with Crippen LogP contribution in [0.15, 0.2) is 0 Å². The SMILES string of the molecule is NCC1OC2OC3C(C(N)=O)OC(C(N)=O)OC3C2O1. The maximum absolute atomic E-state index is 11.4. The fourth-order valence-corrected chi connectivity index (χ4v) is 2.52. The van der Waals surface area contributed by atoms with Crippen LogP contribution in [-0.2, 0) is 33.3 Å². The Hall–Kier alpha value is -1.30. The largest absolute Gasteiger partial charge is 0.367 e. The van der Waals surface area contributed by atoms with Crippen molar-refractivity contribution in [3.63, 3.8) is 0 Å². The number of nitrogens with two attached hydrogens (primary N) is 3. The Morgan fingerprint density at radius 1 is 0.850 bits per heavy atom. The van der Waals surface area contributed by atoms with Crippen molar-refractivity contribution in [2.45, 2.75) is 43.3 Å². The highest BCUT2D eigenvalue weighted by atomic mass is 16.8. The summed E-state index contributed by atoms with van der Waals surface area (Å²) in [5.74, 6) is -1.66. The van der Waals surface area contributed by atoms with Crippen LogP contribution in [0.5, 0.6) is 0 Å². The third kappa shape index (κ3) is 2.06. The number of carbonyl (C=O) groups is 2. The summed E-state index contributed by atoms with van der Waals surface area (Å²) in [6, 6.07) is 0. The second-order valence-electron chi connectivity index (χ2n) is 4.67. The number of primary amides is 2. The maximum atomic E-state index is 11.4. The second-order valence-corrected chi connectivity index (χ2v) is 4.67.